The van der Waals surface area contributed by atoms with Gasteiger partial charge in [-0.3, -0.25) is 9.59 Å². The second-order valence-electron chi connectivity index (χ2n) is 6.89. The Morgan fingerprint density at radius 3 is 2.09 bits per heavy atom. The molecule has 2 N–H and O–H groups in total. The van der Waals surface area contributed by atoms with Gasteiger partial charge in [0.2, 0.25) is 10.0 Å². The second-order valence-corrected chi connectivity index (χ2v) is 9.89. The molecule has 0 heterocycles. The Bertz CT molecular complexity index is 1280. The summed E-state index contributed by atoms with van der Waals surface area (Å²) >= 11 is 12.0. The van der Waals surface area contributed by atoms with Crippen molar-refractivity contribution in [3.8, 4) is 0 Å². The van der Waals surface area contributed by atoms with Crippen molar-refractivity contribution in [1.82, 2.24) is 4.31 Å². The van der Waals surface area contributed by atoms with Crippen molar-refractivity contribution in [3.05, 3.63) is 87.9 Å². The van der Waals surface area contributed by atoms with Gasteiger partial charge in [0.1, 0.15) is 0 Å². The molecule has 166 valence electrons. The molecule has 0 fully saturated rings. The quantitative estimate of drug-likeness (QED) is 0.519. The summed E-state index contributed by atoms with van der Waals surface area (Å²) in [6.07, 6.45) is 0. The van der Waals surface area contributed by atoms with Gasteiger partial charge in [-0.2, -0.15) is 0 Å². The van der Waals surface area contributed by atoms with Crippen molar-refractivity contribution >= 4 is 56.4 Å². The first-order valence-corrected chi connectivity index (χ1v) is 11.5. The van der Waals surface area contributed by atoms with Gasteiger partial charge in [0, 0.05) is 24.8 Å². The highest BCUT2D eigenvalue weighted by Crippen LogP contribution is 2.25. The number of carbonyl (C=O) groups is 2. The van der Waals surface area contributed by atoms with Crippen LogP contribution in [0.25, 0.3) is 0 Å². The zero-order chi connectivity index (χ0) is 23.5. The molecule has 3 aromatic carbocycles. The fourth-order valence-corrected chi connectivity index (χ4v) is 4.02. The number of carbonyl (C=O) groups excluding carboxylic acids is 2. The minimum absolute atomic E-state index is 0.0393. The van der Waals surface area contributed by atoms with Crippen LogP contribution in [-0.4, -0.2) is 38.6 Å². The molecule has 3 rings (SSSR count). The number of halogens is 2. The third-order valence-corrected chi connectivity index (χ3v) is 6.88. The van der Waals surface area contributed by atoms with Gasteiger partial charge < -0.3 is 10.6 Å². The Morgan fingerprint density at radius 2 is 1.44 bits per heavy atom. The molecule has 0 aromatic heterocycles. The van der Waals surface area contributed by atoms with E-state index in [0.717, 1.165) is 4.31 Å². The number of nitrogens with one attached hydrogen (secondary N) is 2. The Kier molecular flexibility index (Phi) is 7.20. The van der Waals surface area contributed by atoms with Crippen molar-refractivity contribution in [3.63, 3.8) is 0 Å². The third kappa shape index (κ3) is 5.28. The van der Waals surface area contributed by atoms with Crippen molar-refractivity contribution in [2.75, 3.05) is 24.7 Å². The molecule has 0 unspecified atom stereocenters. The maximum Gasteiger partial charge on any atom is 0.257 e. The summed E-state index contributed by atoms with van der Waals surface area (Å²) in [7, 11) is -0.984. The molecular formula is C22H19Cl2N3O4S. The Morgan fingerprint density at radius 1 is 0.812 bits per heavy atom. The number of rotatable bonds is 6. The van der Waals surface area contributed by atoms with Gasteiger partial charge in [-0.15, -0.1) is 0 Å². The molecule has 10 heteroatoms. The fraction of sp³-hybridized carbons (Fsp3) is 0.0909. The van der Waals surface area contributed by atoms with E-state index in [1.165, 1.54) is 32.3 Å². The average molecular weight is 492 g/mol. The molecule has 0 saturated carbocycles. The maximum atomic E-state index is 12.9. The van der Waals surface area contributed by atoms with Crippen LogP contribution in [0, 0.1) is 0 Å². The van der Waals surface area contributed by atoms with Crippen LogP contribution in [0.15, 0.2) is 71.6 Å². The first-order chi connectivity index (χ1) is 15.1. The normalized spacial score (nSPS) is 11.3. The van der Waals surface area contributed by atoms with E-state index >= 15 is 0 Å². The standard InChI is InChI=1S/C22H19Cl2N3O4S/c1-27(2)32(30,31)16-11-12-19(24)18(13-16)22(29)26-20-6-4-3-5-17(20)21(28)25-15-9-7-14(23)8-10-15/h3-13H,1-2H3,(H,25,28)(H,26,29). The average Bonchev–Trinajstić information content (AvgIpc) is 2.75. The van der Waals surface area contributed by atoms with E-state index < -0.39 is 21.8 Å². The van der Waals surface area contributed by atoms with Gasteiger partial charge in [0.05, 0.1) is 26.7 Å². The van der Waals surface area contributed by atoms with E-state index in [2.05, 4.69) is 10.6 Å². The van der Waals surface area contributed by atoms with Crippen LogP contribution in [0.3, 0.4) is 0 Å². The van der Waals surface area contributed by atoms with Crippen molar-refractivity contribution in [2.45, 2.75) is 4.90 Å². The fourth-order valence-electron chi connectivity index (χ4n) is 2.76. The highest BCUT2D eigenvalue weighted by molar-refractivity contribution is 7.89. The molecule has 0 aliphatic carbocycles. The molecular weight excluding hydrogens is 473 g/mol. The van der Waals surface area contributed by atoms with E-state index in [1.807, 2.05) is 0 Å². The lowest BCUT2D eigenvalue weighted by atomic mass is 10.1. The highest BCUT2D eigenvalue weighted by Gasteiger charge is 2.22. The molecule has 0 bridgehead atoms. The van der Waals surface area contributed by atoms with E-state index in [9.17, 15) is 18.0 Å². The monoisotopic (exact) mass is 491 g/mol. The summed E-state index contributed by atoms with van der Waals surface area (Å²) in [6, 6.07) is 16.9. The summed E-state index contributed by atoms with van der Waals surface area (Å²) in [5.41, 5.74) is 0.942. The zero-order valence-corrected chi connectivity index (χ0v) is 19.4. The Labute approximate surface area is 196 Å². The molecule has 3 aromatic rings. The van der Waals surface area contributed by atoms with E-state index in [4.69, 9.17) is 23.2 Å². The summed E-state index contributed by atoms with van der Waals surface area (Å²) in [4.78, 5) is 25.6. The van der Waals surface area contributed by atoms with Crippen LogP contribution in [0.4, 0.5) is 11.4 Å². The number of nitrogens with zero attached hydrogens (tertiary/aromatic N) is 1. The van der Waals surface area contributed by atoms with Gasteiger partial charge in [-0.05, 0) is 54.6 Å². The second kappa shape index (κ2) is 9.70. The molecule has 32 heavy (non-hydrogen) atoms. The molecule has 7 nitrogen and oxygen atoms in total. The maximum absolute atomic E-state index is 12.9. The molecule has 0 radical (unpaired) electrons. The zero-order valence-electron chi connectivity index (χ0n) is 17.1. The topological polar surface area (TPSA) is 95.6 Å². The SMILES string of the molecule is CN(C)S(=O)(=O)c1ccc(Cl)c(C(=O)Nc2ccccc2C(=O)Nc2ccc(Cl)cc2)c1. The number of benzene rings is 3. The minimum atomic E-state index is -3.76. The predicted molar refractivity (Wildman–Crippen MR) is 126 cm³/mol. The van der Waals surface area contributed by atoms with Crippen LogP contribution in [0.2, 0.25) is 10.0 Å². The number of hydrogen-bond donors (Lipinski definition) is 2. The number of hydrogen-bond acceptors (Lipinski definition) is 4. The Hall–Kier alpha value is -2.91. The first kappa shape index (κ1) is 23.7. The summed E-state index contributed by atoms with van der Waals surface area (Å²) < 4.78 is 25.8. The van der Waals surface area contributed by atoms with Gasteiger partial charge in [-0.25, -0.2) is 12.7 Å². The summed E-state index contributed by atoms with van der Waals surface area (Å²) in [5.74, 6) is -1.10. The van der Waals surface area contributed by atoms with Gasteiger partial charge in [0.25, 0.3) is 11.8 Å². The number of para-hydroxylation sites is 1. The largest absolute Gasteiger partial charge is 0.322 e. The lowest BCUT2D eigenvalue weighted by Crippen LogP contribution is -2.23. The third-order valence-electron chi connectivity index (χ3n) is 4.48. The highest BCUT2D eigenvalue weighted by atomic mass is 35.5. The molecule has 0 aliphatic rings. The van der Waals surface area contributed by atoms with Crippen molar-refractivity contribution < 1.29 is 18.0 Å². The van der Waals surface area contributed by atoms with Crippen LogP contribution < -0.4 is 10.6 Å². The number of amides is 2. The van der Waals surface area contributed by atoms with Crippen LogP contribution in [0.1, 0.15) is 20.7 Å². The van der Waals surface area contributed by atoms with E-state index in [-0.39, 0.29) is 26.7 Å². The Balaban J connectivity index is 1.88. The predicted octanol–water partition coefficient (Wildman–Crippen LogP) is 4.75. The van der Waals surface area contributed by atoms with Crippen molar-refractivity contribution in [2.24, 2.45) is 0 Å². The van der Waals surface area contributed by atoms with Crippen molar-refractivity contribution in [1.29, 1.82) is 0 Å². The van der Waals surface area contributed by atoms with E-state index in [0.29, 0.717) is 10.7 Å². The van der Waals surface area contributed by atoms with E-state index in [1.54, 1.807) is 48.5 Å². The van der Waals surface area contributed by atoms with Gasteiger partial charge >= 0.3 is 0 Å². The molecule has 0 aliphatic heterocycles. The van der Waals surface area contributed by atoms with Gasteiger partial charge in [0.15, 0.2) is 0 Å². The summed E-state index contributed by atoms with van der Waals surface area (Å²) in [5, 5.41) is 5.98. The first-order valence-electron chi connectivity index (χ1n) is 9.29. The molecule has 0 spiro atoms. The van der Waals surface area contributed by atoms with Gasteiger partial charge in [-0.1, -0.05) is 35.3 Å². The van der Waals surface area contributed by atoms with Crippen LogP contribution in [0.5, 0.6) is 0 Å². The van der Waals surface area contributed by atoms with Crippen LogP contribution in [-0.2, 0) is 10.0 Å². The molecule has 0 saturated heterocycles. The van der Waals surface area contributed by atoms with Crippen LogP contribution >= 0.6 is 23.2 Å². The number of sulfonamides is 1. The molecule has 2 amide bonds. The smallest absolute Gasteiger partial charge is 0.257 e. The summed E-state index contributed by atoms with van der Waals surface area (Å²) in [6.45, 7) is 0. The molecule has 0 atom stereocenters. The lowest BCUT2D eigenvalue weighted by molar-refractivity contribution is 0.102. The minimum Gasteiger partial charge on any atom is -0.322 e. The lowest BCUT2D eigenvalue weighted by Gasteiger charge is -2.14. The number of anilines is 2.